The molecule has 1 atom stereocenters. The zero-order chi connectivity index (χ0) is 34.1. The van der Waals surface area contributed by atoms with Gasteiger partial charge in [-0.3, -0.25) is 4.79 Å². The number of allylic oxidation sites excluding steroid dienone is 4. The van der Waals surface area contributed by atoms with Crippen molar-refractivity contribution < 1.29 is 19.4 Å². The Kier molecular flexibility index (Phi) is 40.1. The first-order chi connectivity index (χ1) is 23.2. The summed E-state index contributed by atoms with van der Waals surface area (Å²) in [6.45, 7) is 5.35. The minimum Gasteiger partial charge on any atom is -0.457 e. The van der Waals surface area contributed by atoms with E-state index in [9.17, 15) is 9.90 Å². The second-order valence-corrected chi connectivity index (χ2v) is 14.1. The Morgan fingerprint density at radius 2 is 0.894 bits per heavy atom. The van der Waals surface area contributed by atoms with Crippen LogP contribution in [0.2, 0.25) is 0 Å². The highest BCUT2D eigenvalue weighted by atomic mass is 16.6. The van der Waals surface area contributed by atoms with Gasteiger partial charge in [0.15, 0.2) is 0 Å². The zero-order valence-corrected chi connectivity index (χ0v) is 31.8. The maximum absolute atomic E-state index is 12.2. The van der Waals surface area contributed by atoms with Crippen LogP contribution < -0.4 is 0 Å². The van der Waals surface area contributed by atoms with Gasteiger partial charge in [0, 0.05) is 13.0 Å². The smallest absolute Gasteiger partial charge is 0.306 e. The standard InChI is InChI=1S/C43H82O4/c1-3-5-7-9-11-13-15-17-19-21-22-23-25-27-29-31-33-35-37-39-46-41-42(40-44)47-43(45)38-36-34-32-30-28-26-24-20-18-16-14-12-10-8-6-4-2/h14,16,20,24,42,44H,3-13,15,17-19,21-23,25-41H2,1-2H3/b16-14-,24-20-. The van der Waals surface area contributed by atoms with E-state index in [0.29, 0.717) is 19.6 Å². The lowest BCUT2D eigenvalue weighted by atomic mass is 10.0. The van der Waals surface area contributed by atoms with Gasteiger partial charge in [0.25, 0.3) is 0 Å². The largest absolute Gasteiger partial charge is 0.457 e. The van der Waals surface area contributed by atoms with Crippen molar-refractivity contribution in [2.24, 2.45) is 0 Å². The molecule has 0 fully saturated rings. The summed E-state index contributed by atoms with van der Waals surface area (Å²) in [6.07, 6.45) is 49.5. The minimum absolute atomic E-state index is 0.173. The van der Waals surface area contributed by atoms with Crippen LogP contribution in [0.25, 0.3) is 0 Å². The van der Waals surface area contributed by atoms with Gasteiger partial charge in [-0.2, -0.15) is 0 Å². The highest BCUT2D eigenvalue weighted by Crippen LogP contribution is 2.15. The Hall–Kier alpha value is -1.13. The van der Waals surface area contributed by atoms with Crippen LogP contribution >= 0.6 is 0 Å². The molecule has 0 bridgehead atoms. The van der Waals surface area contributed by atoms with Gasteiger partial charge in [-0.05, 0) is 44.9 Å². The van der Waals surface area contributed by atoms with E-state index in [1.165, 1.54) is 161 Å². The SMILES string of the molecule is CCCCCC/C=C\C/C=C\CCCCCCCC(=O)OC(CO)COCCCCCCCCCCCCCCCCCCCCC. The van der Waals surface area contributed by atoms with E-state index >= 15 is 0 Å². The van der Waals surface area contributed by atoms with Gasteiger partial charge in [-0.25, -0.2) is 0 Å². The predicted octanol–water partition coefficient (Wildman–Crippen LogP) is 13.5. The van der Waals surface area contributed by atoms with Gasteiger partial charge in [0.2, 0.25) is 0 Å². The molecule has 0 spiro atoms. The van der Waals surface area contributed by atoms with Crippen LogP contribution in [0.5, 0.6) is 0 Å². The van der Waals surface area contributed by atoms with E-state index in [1.807, 2.05) is 0 Å². The van der Waals surface area contributed by atoms with E-state index in [0.717, 1.165) is 38.5 Å². The molecule has 0 aromatic carbocycles. The van der Waals surface area contributed by atoms with E-state index < -0.39 is 6.10 Å². The molecule has 0 radical (unpaired) electrons. The summed E-state index contributed by atoms with van der Waals surface area (Å²) < 4.78 is 11.1. The summed E-state index contributed by atoms with van der Waals surface area (Å²) in [6, 6.07) is 0. The van der Waals surface area contributed by atoms with Crippen molar-refractivity contribution in [2.75, 3.05) is 19.8 Å². The molecule has 0 aliphatic heterocycles. The lowest BCUT2D eigenvalue weighted by Gasteiger charge is -2.15. The average molecular weight is 663 g/mol. The normalized spacial score (nSPS) is 12.5. The third kappa shape index (κ3) is 39.2. The van der Waals surface area contributed by atoms with Gasteiger partial charge in [-0.1, -0.05) is 192 Å². The lowest BCUT2D eigenvalue weighted by molar-refractivity contribution is -0.154. The highest BCUT2D eigenvalue weighted by Gasteiger charge is 2.13. The molecule has 0 aliphatic rings. The maximum atomic E-state index is 12.2. The van der Waals surface area contributed by atoms with E-state index in [2.05, 4.69) is 38.2 Å². The molecule has 0 aromatic rings. The fourth-order valence-corrected chi connectivity index (χ4v) is 6.12. The van der Waals surface area contributed by atoms with Crippen LogP contribution in [0.4, 0.5) is 0 Å². The predicted molar refractivity (Wildman–Crippen MR) is 205 cm³/mol. The molecule has 0 amide bonds. The summed E-state index contributed by atoms with van der Waals surface area (Å²) >= 11 is 0. The number of rotatable bonds is 39. The van der Waals surface area contributed by atoms with Crippen LogP contribution in [0.15, 0.2) is 24.3 Å². The van der Waals surface area contributed by atoms with Gasteiger partial charge >= 0.3 is 5.97 Å². The summed E-state index contributed by atoms with van der Waals surface area (Å²) in [4.78, 5) is 12.2. The fourth-order valence-electron chi connectivity index (χ4n) is 6.12. The molecule has 1 N–H and O–H groups in total. The molecule has 0 saturated carbocycles. The third-order valence-electron chi connectivity index (χ3n) is 9.28. The monoisotopic (exact) mass is 663 g/mol. The first-order valence-corrected chi connectivity index (χ1v) is 20.9. The Labute approximate surface area is 294 Å². The Morgan fingerprint density at radius 3 is 1.34 bits per heavy atom. The zero-order valence-electron chi connectivity index (χ0n) is 31.8. The minimum atomic E-state index is -0.537. The van der Waals surface area contributed by atoms with Gasteiger partial charge in [0.05, 0.1) is 13.2 Å². The number of aliphatic hydroxyl groups is 1. The lowest BCUT2D eigenvalue weighted by Crippen LogP contribution is -2.27. The molecule has 4 heteroatoms. The molecular weight excluding hydrogens is 580 g/mol. The van der Waals surface area contributed by atoms with Crippen LogP contribution in [-0.4, -0.2) is 37.0 Å². The van der Waals surface area contributed by atoms with Crippen LogP contribution in [-0.2, 0) is 14.3 Å². The van der Waals surface area contributed by atoms with Crippen molar-refractivity contribution in [3.05, 3.63) is 24.3 Å². The number of carbonyl (C=O) groups excluding carboxylic acids is 1. The second kappa shape index (κ2) is 41.0. The first-order valence-electron chi connectivity index (χ1n) is 20.9. The Balaban J connectivity index is 3.41. The molecule has 0 saturated heterocycles. The fraction of sp³-hybridized carbons (Fsp3) is 0.884. The number of esters is 1. The Morgan fingerprint density at radius 1 is 0.511 bits per heavy atom. The number of unbranched alkanes of at least 4 members (excludes halogenated alkanes) is 27. The van der Waals surface area contributed by atoms with E-state index in [4.69, 9.17) is 9.47 Å². The van der Waals surface area contributed by atoms with Crippen LogP contribution in [0.3, 0.4) is 0 Å². The van der Waals surface area contributed by atoms with E-state index in [1.54, 1.807) is 0 Å². The molecule has 0 heterocycles. The number of carbonyl (C=O) groups is 1. The van der Waals surface area contributed by atoms with Crippen molar-refractivity contribution in [1.82, 2.24) is 0 Å². The molecule has 278 valence electrons. The van der Waals surface area contributed by atoms with Gasteiger partial charge < -0.3 is 14.6 Å². The van der Waals surface area contributed by atoms with Crippen LogP contribution in [0.1, 0.15) is 219 Å². The number of hydrogen-bond acceptors (Lipinski definition) is 4. The van der Waals surface area contributed by atoms with E-state index in [-0.39, 0.29) is 12.6 Å². The third-order valence-corrected chi connectivity index (χ3v) is 9.28. The number of hydrogen-bond donors (Lipinski definition) is 1. The molecule has 0 aliphatic carbocycles. The van der Waals surface area contributed by atoms with Gasteiger partial charge in [0.1, 0.15) is 6.10 Å². The quantitative estimate of drug-likeness (QED) is 0.0404. The van der Waals surface area contributed by atoms with Crippen molar-refractivity contribution >= 4 is 5.97 Å². The molecule has 47 heavy (non-hydrogen) atoms. The second-order valence-electron chi connectivity index (χ2n) is 14.1. The molecule has 4 nitrogen and oxygen atoms in total. The highest BCUT2D eigenvalue weighted by molar-refractivity contribution is 5.69. The summed E-state index contributed by atoms with van der Waals surface area (Å²) in [5.41, 5.74) is 0. The van der Waals surface area contributed by atoms with Crippen molar-refractivity contribution in [1.29, 1.82) is 0 Å². The molecule has 1 unspecified atom stereocenters. The van der Waals surface area contributed by atoms with Crippen molar-refractivity contribution in [3.63, 3.8) is 0 Å². The number of aliphatic hydroxyl groups excluding tert-OH is 1. The maximum Gasteiger partial charge on any atom is 0.306 e. The summed E-state index contributed by atoms with van der Waals surface area (Å²) in [5, 5.41) is 9.59. The van der Waals surface area contributed by atoms with Gasteiger partial charge in [-0.15, -0.1) is 0 Å². The topological polar surface area (TPSA) is 55.8 Å². The van der Waals surface area contributed by atoms with Crippen LogP contribution in [0, 0.1) is 0 Å². The molecule has 0 rings (SSSR count). The molecular formula is C43H82O4. The molecule has 0 aromatic heterocycles. The first kappa shape index (κ1) is 45.9. The number of ether oxygens (including phenoxy) is 2. The average Bonchev–Trinajstić information content (AvgIpc) is 3.08. The Bertz CT molecular complexity index is 658. The summed E-state index contributed by atoms with van der Waals surface area (Å²) in [7, 11) is 0. The summed E-state index contributed by atoms with van der Waals surface area (Å²) in [5.74, 6) is -0.211. The van der Waals surface area contributed by atoms with Crippen molar-refractivity contribution in [3.8, 4) is 0 Å². The van der Waals surface area contributed by atoms with Crippen molar-refractivity contribution in [2.45, 2.75) is 225 Å².